The van der Waals surface area contributed by atoms with Crippen LogP contribution in [0.15, 0.2) is 5.38 Å². The summed E-state index contributed by atoms with van der Waals surface area (Å²) >= 11 is 1.58. The molecule has 5 nitrogen and oxygen atoms in total. The van der Waals surface area contributed by atoms with Gasteiger partial charge in [0.05, 0.1) is 5.69 Å². The molecule has 2 saturated carbocycles. The van der Waals surface area contributed by atoms with E-state index in [1.54, 1.807) is 18.3 Å². The molecule has 1 heterocycles. The third kappa shape index (κ3) is 4.11. The lowest BCUT2D eigenvalue weighted by Crippen LogP contribution is -2.35. The van der Waals surface area contributed by atoms with Crippen molar-refractivity contribution in [3.8, 4) is 0 Å². The SMILES string of the molecule is CC(=O)N(c1nc(CN(C)C2CCC(CO)CC2)cs1)C1CC1. The Morgan fingerprint density at radius 3 is 2.48 bits per heavy atom. The van der Waals surface area contributed by atoms with Crippen LogP contribution in [0.2, 0.25) is 0 Å². The van der Waals surface area contributed by atoms with E-state index in [1.165, 1.54) is 0 Å². The number of anilines is 1. The first kappa shape index (κ1) is 16.9. The highest BCUT2D eigenvalue weighted by Gasteiger charge is 2.33. The molecule has 0 aliphatic heterocycles. The van der Waals surface area contributed by atoms with Crippen LogP contribution in [0.5, 0.6) is 0 Å². The largest absolute Gasteiger partial charge is 0.396 e. The Hall–Kier alpha value is -0.980. The van der Waals surface area contributed by atoms with Gasteiger partial charge in [-0.3, -0.25) is 14.6 Å². The van der Waals surface area contributed by atoms with Gasteiger partial charge in [-0.05, 0) is 51.5 Å². The van der Waals surface area contributed by atoms with Gasteiger partial charge >= 0.3 is 0 Å². The molecule has 1 aromatic rings. The number of aromatic nitrogens is 1. The topological polar surface area (TPSA) is 56.7 Å². The van der Waals surface area contributed by atoms with E-state index in [0.29, 0.717) is 24.6 Å². The van der Waals surface area contributed by atoms with Crippen molar-refractivity contribution in [2.24, 2.45) is 5.92 Å². The predicted octanol–water partition coefficient (Wildman–Crippen LogP) is 2.64. The van der Waals surface area contributed by atoms with Crippen LogP contribution in [0.3, 0.4) is 0 Å². The second-order valence-corrected chi connectivity index (χ2v) is 7.85. The van der Waals surface area contributed by atoms with E-state index in [4.69, 9.17) is 4.98 Å². The Balaban J connectivity index is 1.57. The van der Waals surface area contributed by atoms with Crippen LogP contribution in [0, 0.1) is 5.92 Å². The molecule has 23 heavy (non-hydrogen) atoms. The first-order chi connectivity index (χ1) is 11.1. The Bertz CT molecular complexity index is 536. The number of rotatable bonds is 6. The Morgan fingerprint density at radius 1 is 1.26 bits per heavy atom. The Morgan fingerprint density at radius 2 is 1.91 bits per heavy atom. The second kappa shape index (κ2) is 7.28. The van der Waals surface area contributed by atoms with Gasteiger partial charge in [0.2, 0.25) is 5.91 Å². The zero-order valence-corrected chi connectivity index (χ0v) is 14.9. The van der Waals surface area contributed by atoms with Crippen LogP contribution in [0.1, 0.15) is 51.1 Å². The summed E-state index contributed by atoms with van der Waals surface area (Å²) in [5.74, 6) is 0.595. The highest BCUT2D eigenvalue weighted by atomic mass is 32.1. The lowest BCUT2D eigenvalue weighted by molar-refractivity contribution is -0.116. The van der Waals surface area contributed by atoms with Crippen molar-refractivity contribution in [1.29, 1.82) is 0 Å². The summed E-state index contributed by atoms with van der Waals surface area (Å²) in [7, 11) is 2.16. The van der Waals surface area contributed by atoms with Gasteiger partial charge < -0.3 is 5.11 Å². The molecule has 0 aromatic carbocycles. The summed E-state index contributed by atoms with van der Waals surface area (Å²) in [6, 6.07) is 0.952. The van der Waals surface area contributed by atoms with Crippen molar-refractivity contribution in [1.82, 2.24) is 9.88 Å². The predicted molar refractivity (Wildman–Crippen MR) is 92.6 cm³/mol. The zero-order valence-electron chi connectivity index (χ0n) is 14.1. The van der Waals surface area contributed by atoms with Crippen molar-refractivity contribution < 1.29 is 9.90 Å². The fourth-order valence-corrected chi connectivity index (χ4v) is 4.44. The van der Waals surface area contributed by atoms with Crippen molar-refractivity contribution in [2.45, 2.75) is 64.1 Å². The third-order valence-corrected chi connectivity index (χ3v) is 5.99. The number of carbonyl (C=O) groups excluding carboxylic acids is 1. The molecule has 0 atom stereocenters. The first-order valence-electron chi connectivity index (χ1n) is 8.63. The van der Waals surface area contributed by atoms with Crippen molar-refractivity contribution in [3.63, 3.8) is 0 Å². The summed E-state index contributed by atoms with van der Waals surface area (Å²) < 4.78 is 0. The van der Waals surface area contributed by atoms with Crippen molar-refractivity contribution >= 4 is 22.4 Å². The average molecular weight is 337 g/mol. The molecule has 0 bridgehead atoms. The van der Waals surface area contributed by atoms with Crippen LogP contribution in [-0.2, 0) is 11.3 Å². The number of carbonyl (C=O) groups is 1. The van der Waals surface area contributed by atoms with E-state index in [1.807, 2.05) is 4.90 Å². The highest BCUT2D eigenvalue weighted by Crippen LogP contribution is 2.34. The standard InChI is InChI=1S/C17H27N3O2S/c1-12(22)20(16-7-8-16)17-18-14(11-23-17)9-19(2)15-5-3-13(10-21)4-6-15/h11,13,15-16,21H,3-10H2,1-2H3. The van der Waals surface area contributed by atoms with Crippen LogP contribution >= 0.6 is 11.3 Å². The monoisotopic (exact) mass is 337 g/mol. The Labute approximate surface area is 142 Å². The molecule has 0 saturated heterocycles. The van der Waals surface area contributed by atoms with E-state index in [9.17, 15) is 9.90 Å². The quantitative estimate of drug-likeness (QED) is 0.867. The molecule has 2 aliphatic rings. The minimum atomic E-state index is 0.101. The first-order valence-corrected chi connectivity index (χ1v) is 9.51. The zero-order chi connectivity index (χ0) is 16.4. The molecule has 3 rings (SSSR count). The number of aliphatic hydroxyl groups is 1. The summed E-state index contributed by atoms with van der Waals surface area (Å²) in [6.45, 7) is 2.79. The van der Waals surface area contributed by atoms with Gasteiger partial charge in [-0.2, -0.15) is 0 Å². The highest BCUT2D eigenvalue weighted by molar-refractivity contribution is 7.14. The van der Waals surface area contributed by atoms with E-state index >= 15 is 0 Å². The maximum Gasteiger partial charge on any atom is 0.225 e. The number of hydrogen-bond donors (Lipinski definition) is 1. The maximum atomic E-state index is 11.8. The number of hydrogen-bond acceptors (Lipinski definition) is 5. The van der Waals surface area contributed by atoms with Gasteiger partial charge in [-0.15, -0.1) is 11.3 Å². The molecule has 2 aliphatic carbocycles. The van der Waals surface area contributed by atoms with Crippen LogP contribution in [-0.4, -0.2) is 46.6 Å². The fraction of sp³-hybridized carbons (Fsp3) is 0.765. The van der Waals surface area contributed by atoms with Crippen LogP contribution in [0.4, 0.5) is 5.13 Å². The van der Waals surface area contributed by atoms with Gasteiger partial charge in [0.1, 0.15) is 0 Å². The number of amides is 1. The lowest BCUT2D eigenvalue weighted by atomic mass is 9.86. The van der Waals surface area contributed by atoms with Crippen LogP contribution in [0.25, 0.3) is 0 Å². The van der Waals surface area contributed by atoms with E-state index in [-0.39, 0.29) is 5.91 Å². The summed E-state index contributed by atoms with van der Waals surface area (Å²) in [6.07, 6.45) is 6.74. The molecule has 0 unspecified atom stereocenters. The van der Waals surface area contributed by atoms with Gasteiger partial charge in [-0.1, -0.05) is 0 Å². The van der Waals surface area contributed by atoms with E-state index in [0.717, 1.165) is 55.9 Å². The third-order valence-electron chi connectivity index (χ3n) is 5.11. The Kier molecular flexibility index (Phi) is 5.34. The van der Waals surface area contributed by atoms with E-state index in [2.05, 4.69) is 17.3 Å². The minimum Gasteiger partial charge on any atom is -0.396 e. The second-order valence-electron chi connectivity index (χ2n) is 7.01. The van der Waals surface area contributed by atoms with Gasteiger partial charge in [0, 0.05) is 37.5 Å². The smallest absolute Gasteiger partial charge is 0.225 e. The molecular weight excluding hydrogens is 310 g/mol. The molecule has 6 heteroatoms. The molecule has 1 aromatic heterocycles. The summed E-state index contributed by atoms with van der Waals surface area (Å²) in [4.78, 5) is 20.8. The van der Waals surface area contributed by atoms with Crippen LogP contribution < -0.4 is 4.90 Å². The van der Waals surface area contributed by atoms with Gasteiger partial charge in [-0.25, -0.2) is 4.98 Å². The molecule has 1 N–H and O–H groups in total. The van der Waals surface area contributed by atoms with Gasteiger partial charge in [0.15, 0.2) is 5.13 Å². The lowest BCUT2D eigenvalue weighted by Gasteiger charge is -2.33. The molecule has 0 radical (unpaired) electrons. The minimum absolute atomic E-state index is 0.101. The van der Waals surface area contributed by atoms with Crippen molar-refractivity contribution in [2.75, 3.05) is 18.6 Å². The number of thiazole rings is 1. The number of nitrogens with zero attached hydrogens (tertiary/aromatic N) is 3. The van der Waals surface area contributed by atoms with Gasteiger partial charge in [0.25, 0.3) is 0 Å². The maximum absolute atomic E-state index is 11.8. The summed E-state index contributed by atoms with van der Waals surface area (Å²) in [5, 5.41) is 12.2. The molecule has 0 spiro atoms. The number of aliphatic hydroxyl groups excluding tert-OH is 1. The molecule has 128 valence electrons. The van der Waals surface area contributed by atoms with E-state index < -0.39 is 0 Å². The molecule has 1 amide bonds. The molecule has 2 fully saturated rings. The molecular formula is C17H27N3O2S. The fourth-order valence-electron chi connectivity index (χ4n) is 3.51. The van der Waals surface area contributed by atoms with Crippen molar-refractivity contribution in [3.05, 3.63) is 11.1 Å². The normalized spacial score (nSPS) is 24.9. The average Bonchev–Trinajstić information content (AvgIpc) is 3.26. The summed E-state index contributed by atoms with van der Waals surface area (Å²) in [5.41, 5.74) is 1.06.